The van der Waals surface area contributed by atoms with Gasteiger partial charge in [0.2, 0.25) is 0 Å². The van der Waals surface area contributed by atoms with Crippen molar-refractivity contribution in [2.45, 2.75) is 31.3 Å². The van der Waals surface area contributed by atoms with E-state index >= 15 is 0 Å². The lowest BCUT2D eigenvalue weighted by Crippen LogP contribution is -2.53. The monoisotopic (exact) mass is 298 g/mol. The third-order valence-electron chi connectivity index (χ3n) is 5.21. The molecule has 5 heteroatoms. The lowest BCUT2D eigenvalue weighted by atomic mass is 9.74. The van der Waals surface area contributed by atoms with Gasteiger partial charge >= 0.3 is 0 Å². The van der Waals surface area contributed by atoms with E-state index in [0.717, 1.165) is 31.7 Å². The van der Waals surface area contributed by atoms with Crippen LogP contribution < -0.4 is 0 Å². The zero-order valence-electron chi connectivity index (χ0n) is 12.7. The van der Waals surface area contributed by atoms with Gasteiger partial charge in [-0.15, -0.1) is 5.10 Å². The van der Waals surface area contributed by atoms with Crippen molar-refractivity contribution in [1.29, 1.82) is 0 Å². The molecule has 4 unspecified atom stereocenters. The first-order valence-corrected chi connectivity index (χ1v) is 8.12. The summed E-state index contributed by atoms with van der Waals surface area (Å²) in [5.41, 5.74) is 2.36. The quantitative estimate of drug-likeness (QED) is 0.929. The van der Waals surface area contributed by atoms with Crippen LogP contribution >= 0.6 is 0 Å². The Kier molecular flexibility index (Phi) is 3.68. The van der Waals surface area contributed by atoms with Gasteiger partial charge in [0, 0.05) is 24.7 Å². The topological polar surface area (TPSA) is 54.2 Å². The number of rotatable bonds is 4. The summed E-state index contributed by atoms with van der Waals surface area (Å²) in [6.45, 7) is 3.18. The van der Waals surface area contributed by atoms with Gasteiger partial charge in [0.15, 0.2) is 0 Å². The fourth-order valence-electron chi connectivity index (χ4n) is 3.99. The maximum Gasteiger partial charge on any atom is 0.0873 e. The number of aliphatic hydroxyl groups excluding tert-OH is 1. The molecule has 116 valence electrons. The van der Waals surface area contributed by atoms with Crippen molar-refractivity contribution >= 4 is 0 Å². The number of nitrogens with zero attached hydrogens (tertiary/aromatic N) is 4. The number of aromatic nitrogens is 3. The molecule has 2 bridgehead atoms. The van der Waals surface area contributed by atoms with Crippen LogP contribution in [0.4, 0.5) is 0 Å². The van der Waals surface area contributed by atoms with E-state index in [0.29, 0.717) is 17.9 Å². The molecule has 3 fully saturated rings. The molecule has 0 aliphatic carbocycles. The van der Waals surface area contributed by atoms with Gasteiger partial charge in [-0.3, -0.25) is 4.90 Å². The van der Waals surface area contributed by atoms with Crippen LogP contribution in [0.3, 0.4) is 0 Å². The summed E-state index contributed by atoms with van der Waals surface area (Å²) in [6, 6.07) is 10.7. The van der Waals surface area contributed by atoms with Gasteiger partial charge < -0.3 is 5.11 Å². The molecule has 3 aliphatic rings. The van der Waals surface area contributed by atoms with Crippen LogP contribution in [-0.2, 0) is 6.54 Å². The fraction of sp³-hybridized carbons (Fsp3) is 0.529. The maximum absolute atomic E-state index is 9.46. The summed E-state index contributed by atoms with van der Waals surface area (Å²) in [5, 5.41) is 18.2. The standard InChI is InChI=1S/C17H22N4O/c22-12-15-8-14-6-7-20(15)10-16(14)17-11-21(19-18-17)9-13-4-2-1-3-5-13/h1-5,11,14-16,22H,6-10,12H2. The normalized spacial score (nSPS) is 30.6. The predicted molar refractivity (Wildman–Crippen MR) is 83.5 cm³/mol. The largest absolute Gasteiger partial charge is 0.395 e. The molecule has 0 spiro atoms. The van der Waals surface area contributed by atoms with Crippen LogP contribution in [0, 0.1) is 5.92 Å². The number of aliphatic hydroxyl groups is 1. The SMILES string of the molecule is OCC1CC2CCN1CC2c1cn(Cc2ccccc2)nn1. The molecule has 0 radical (unpaired) electrons. The van der Waals surface area contributed by atoms with Crippen LogP contribution in [-0.4, -0.2) is 50.7 Å². The molecular weight excluding hydrogens is 276 g/mol. The van der Waals surface area contributed by atoms with E-state index in [1.165, 1.54) is 12.0 Å². The highest BCUT2D eigenvalue weighted by atomic mass is 16.3. The molecule has 4 heterocycles. The zero-order chi connectivity index (χ0) is 14.9. The van der Waals surface area contributed by atoms with Gasteiger partial charge in [-0.05, 0) is 30.9 Å². The minimum absolute atomic E-state index is 0.282. The molecule has 2 aromatic rings. The second kappa shape index (κ2) is 5.82. The molecule has 0 saturated carbocycles. The summed E-state index contributed by atoms with van der Waals surface area (Å²) in [7, 11) is 0. The minimum Gasteiger partial charge on any atom is -0.395 e. The Hall–Kier alpha value is -1.72. The van der Waals surface area contributed by atoms with Crippen molar-refractivity contribution in [2.75, 3.05) is 19.7 Å². The first-order chi connectivity index (χ1) is 10.8. The average molecular weight is 298 g/mol. The fourth-order valence-corrected chi connectivity index (χ4v) is 3.99. The van der Waals surface area contributed by atoms with E-state index in [4.69, 9.17) is 0 Å². The summed E-state index contributed by atoms with van der Waals surface area (Å²) < 4.78 is 1.94. The van der Waals surface area contributed by atoms with Gasteiger partial charge in [-0.25, -0.2) is 4.68 Å². The Morgan fingerprint density at radius 3 is 2.82 bits per heavy atom. The molecular formula is C17H22N4O. The van der Waals surface area contributed by atoms with Gasteiger partial charge in [0.1, 0.15) is 0 Å². The van der Waals surface area contributed by atoms with Gasteiger partial charge in [0.05, 0.1) is 18.8 Å². The summed E-state index contributed by atoms with van der Waals surface area (Å²) >= 11 is 0. The van der Waals surface area contributed by atoms with Gasteiger partial charge in [-0.1, -0.05) is 35.5 Å². The maximum atomic E-state index is 9.46. The van der Waals surface area contributed by atoms with Gasteiger partial charge in [0.25, 0.3) is 0 Å². The smallest absolute Gasteiger partial charge is 0.0873 e. The molecule has 0 amide bonds. The molecule has 1 aromatic carbocycles. The number of hydrogen-bond donors (Lipinski definition) is 1. The van der Waals surface area contributed by atoms with Crippen molar-refractivity contribution in [3.63, 3.8) is 0 Å². The lowest BCUT2D eigenvalue weighted by molar-refractivity contribution is 0.00184. The Morgan fingerprint density at radius 1 is 1.23 bits per heavy atom. The van der Waals surface area contributed by atoms with Crippen LogP contribution in [0.5, 0.6) is 0 Å². The summed E-state index contributed by atoms with van der Waals surface area (Å²) in [6.07, 6.45) is 4.41. The number of hydrogen-bond acceptors (Lipinski definition) is 4. The van der Waals surface area contributed by atoms with Crippen molar-refractivity contribution in [3.05, 3.63) is 47.8 Å². The zero-order valence-corrected chi connectivity index (χ0v) is 12.7. The van der Waals surface area contributed by atoms with Crippen molar-refractivity contribution in [2.24, 2.45) is 5.92 Å². The molecule has 5 rings (SSSR count). The molecule has 5 nitrogen and oxygen atoms in total. The Labute approximate surface area is 130 Å². The number of piperidine rings is 3. The Morgan fingerprint density at radius 2 is 2.09 bits per heavy atom. The highest BCUT2D eigenvalue weighted by Crippen LogP contribution is 2.40. The highest BCUT2D eigenvalue weighted by molar-refractivity contribution is 5.16. The van der Waals surface area contributed by atoms with Crippen LogP contribution in [0.15, 0.2) is 36.5 Å². The summed E-state index contributed by atoms with van der Waals surface area (Å²) in [4.78, 5) is 2.42. The van der Waals surface area contributed by atoms with E-state index in [2.05, 4.69) is 45.7 Å². The molecule has 1 N–H and O–H groups in total. The Balaban J connectivity index is 1.48. The average Bonchev–Trinajstić information content (AvgIpc) is 3.04. The van der Waals surface area contributed by atoms with E-state index in [1.54, 1.807) is 0 Å². The summed E-state index contributed by atoms with van der Waals surface area (Å²) in [5.74, 6) is 1.12. The second-order valence-electron chi connectivity index (χ2n) is 6.55. The number of fused-ring (bicyclic) bond motifs is 3. The predicted octanol–water partition coefficient (Wildman–Crippen LogP) is 1.50. The van der Waals surface area contributed by atoms with E-state index < -0.39 is 0 Å². The Bertz CT molecular complexity index is 627. The third kappa shape index (κ3) is 2.55. The molecule has 4 atom stereocenters. The van der Waals surface area contributed by atoms with Crippen molar-refractivity contribution in [3.8, 4) is 0 Å². The molecule has 3 aliphatic heterocycles. The lowest BCUT2D eigenvalue weighted by Gasteiger charge is -2.48. The number of benzene rings is 1. The second-order valence-corrected chi connectivity index (χ2v) is 6.55. The molecule has 22 heavy (non-hydrogen) atoms. The highest BCUT2D eigenvalue weighted by Gasteiger charge is 2.41. The minimum atomic E-state index is 0.282. The van der Waals surface area contributed by atoms with E-state index in [-0.39, 0.29) is 6.61 Å². The first kappa shape index (κ1) is 13.9. The van der Waals surface area contributed by atoms with Crippen LogP contribution in [0.1, 0.15) is 30.0 Å². The van der Waals surface area contributed by atoms with Crippen molar-refractivity contribution < 1.29 is 5.11 Å². The first-order valence-electron chi connectivity index (χ1n) is 8.12. The van der Waals surface area contributed by atoms with Crippen LogP contribution in [0.2, 0.25) is 0 Å². The van der Waals surface area contributed by atoms with Crippen LogP contribution in [0.25, 0.3) is 0 Å². The third-order valence-corrected chi connectivity index (χ3v) is 5.21. The molecule has 1 aromatic heterocycles. The van der Waals surface area contributed by atoms with Gasteiger partial charge in [-0.2, -0.15) is 0 Å². The van der Waals surface area contributed by atoms with Crippen molar-refractivity contribution in [1.82, 2.24) is 19.9 Å². The van der Waals surface area contributed by atoms with E-state index in [9.17, 15) is 5.11 Å². The van der Waals surface area contributed by atoms with E-state index in [1.807, 2.05) is 10.7 Å². The molecule has 3 saturated heterocycles.